The molecule has 4 nitrogen and oxygen atoms in total. The van der Waals surface area contributed by atoms with Gasteiger partial charge in [0.25, 0.3) is 0 Å². The molecule has 0 spiro atoms. The van der Waals surface area contributed by atoms with E-state index in [1.807, 2.05) is 6.92 Å². The Morgan fingerprint density at radius 1 is 1.06 bits per heavy atom. The SMILES string of the molecule is CCCCCNC(=O)C(C)NCCCCCCO. The standard InChI is InChI=1S/C14H30N2O2/c1-3-4-7-11-16-14(18)13(2)15-10-8-5-6-9-12-17/h13,15,17H,3-12H2,1-2H3,(H,16,18). The molecule has 0 heterocycles. The molecule has 0 aliphatic rings. The van der Waals surface area contributed by atoms with E-state index >= 15 is 0 Å². The molecule has 0 aliphatic heterocycles. The summed E-state index contributed by atoms with van der Waals surface area (Å²) in [5.41, 5.74) is 0. The van der Waals surface area contributed by atoms with E-state index in [2.05, 4.69) is 17.6 Å². The third-order valence-electron chi connectivity index (χ3n) is 3.01. The van der Waals surface area contributed by atoms with Gasteiger partial charge in [-0.1, -0.05) is 32.6 Å². The van der Waals surface area contributed by atoms with Crippen molar-refractivity contribution in [2.24, 2.45) is 0 Å². The topological polar surface area (TPSA) is 61.4 Å². The quantitative estimate of drug-likeness (QED) is 0.468. The van der Waals surface area contributed by atoms with E-state index in [1.165, 1.54) is 12.8 Å². The smallest absolute Gasteiger partial charge is 0.236 e. The monoisotopic (exact) mass is 258 g/mol. The van der Waals surface area contributed by atoms with Gasteiger partial charge in [-0.2, -0.15) is 0 Å². The minimum absolute atomic E-state index is 0.0986. The highest BCUT2D eigenvalue weighted by Gasteiger charge is 2.10. The molecule has 0 aromatic heterocycles. The van der Waals surface area contributed by atoms with Gasteiger partial charge in [0.1, 0.15) is 0 Å². The molecule has 1 amide bonds. The average Bonchev–Trinajstić information content (AvgIpc) is 2.38. The van der Waals surface area contributed by atoms with Gasteiger partial charge < -0.3 is 15.7 Å². The van der Waals surface area contributed by atoms with Crippen molar-refractivity contribution in [3.63, 3.8) is 0 Å². The highest BCUT2D eigenvalue weighted by Crippen LogP contribution is 1.98. The lowest BCUT2D eigenvalue weighted by atomic mass is 10.2. The second kappa shape index (κ2) is 12.8. The highest BCUT2D eigenvalue weighted by molar-refractivity contribution is 5.81. The van der Waals surface area contributed by atoms with E-state index in [-0.39, 0.29) is 18.6 Å². The summed E-state index contributed by atoms with van der Waals surface area (Å²) in [6.45, 7) is 6.00. The van der Waals surface area contributed by atoms with Crippen LogP contribution in [0, 0.1) is 0 Å². The lowest BCUT2D eigenvalue weighted by molar-refractivity contribution is -0.122. The summed E-state index contributed by atoms with van der Waals surface area (Å²) in [6.07, 6.45) is 7.54. The van der Waals surface area contributed by atoms with Crippen LogP contribution in [0.3, 0.4) is 0 Å². The largest absolute Gasteiger partial charge is 0.396 e. The van der Waals surface area contributed by atoms with Crippen LogP contribution in [0.25, 0.3) is 0 Å². The van der Waals surface area contributed by atoms with E-state index in [4.69, 9.17) is 5.11 Å². The molecule has 18 heavy (non-hydrogen) atoms. The fourth-order valence-electron chi connectivity index (χ4n) is 1.74. The predicted octanol–water partition coefficient (Wildman–Crippen LogP) is 1.82. The number of nitrogens with one attached hydrogen (secondary N) is 2. The molecule has 4 heteroatoms. The van der Waals surface area contributed by atoms with Crippen molar-refractivity contribution >= 4 is 5.91 Å². The van der Waals surface area contributed by atoms with Crippen LogP contribution in [-0.2, 0) is 4.79 Å². The normalized spacial score (nSPS) is 12.4. The first-order valence-corrected chi connectivity index (χ1v) is 7.34. The highest BCUT2D eigenvalue weighted by atomic mass is 16.2. The van der Waals surface area contributed by atoms with Crippen molar-refractivity contribution in [2.75, 3.05) is 19.7 Å². The van der Waals surface area contributed by atoms with E-state index in [1.54, 1.807) is 0 Å². The molecular formula is C14H30N2O2. The van der Waals surface area contributed by atoms with Gasteiger partial charge in [0, 0.05) is 13.2 Å². The number of carbonyl (C=O) groups excluding carboxylic acids is 1. The molecule has 1 atom stereocenters. The van der Waals surface area contributed by atoms with Crippen LogP contribution in [-0.4, -0.2) is 36.8 Å². The molecule has 0 saturated carbocycles. The second-order valence-electron chi connectivity index (χ2n) is 4.81. The van der Waals surface area contributed by atoms with E-state index < -0.39 is 0 Å². The maximum Gasteiger partial charge on any atom is 0.236 e. The Morgan fingerprint density at radius 2 is 1.72 bits per heavy atom. The molecular weight excluding hydrogens is 228 g/mol. The first-order chi connectivity index (χ1) is 8.72. The van der Waals surface area contributed by atoms with Gasteiger partial charge in [0.2, 0.25) is 5.91 Å². The van der Waals surface area contributed by atoms with Gasteiger partial charge in [0.05, 0.1) is 6.04 Å². The van der Waals surface area contributed by atoms with Gasteiger partial charge >= 0.3 is 0 Å². The summed E-state index contributed by atoms with van der Waals surface area (Å²) in [5, 5.41) is 14.8. The van der Waals surface area contributed by atoms with Crippen molar-refractivity contribution in [2.45, 2.75) is 64.8 Å². The zero-order chi connectivity index (χ0) is 13.6. The number of carbonyl (C=O) groups is 1. The zero-order valence-electron chi connectivity index (χ0n) is 12.0. The first-order valence-electron chi connectivity index (χ1n) is 7.34. The van der Waals surface area contributed by atoms with Gasteiger partial charge in [0.15, 0.2) is 0 Å². The van der Waals surface area contributed by atoms with Gasteiger partial charge in [-0.25, -0.2) is 0 Å². The Balaban J connectivity index is 3.38. The van der Waals surface area contributed by atoms with Crippen LogP contribution in [0.15, 0.2) is 0 Å². The van der Waals surface area contributed by atoms with Crippen LogP contribution in [0.1, 0.15) is 58.8 Å². The molecule has 108 valence electrons. The number of aliphatic hydroxyl groups is 1. The van der Waals surface area contributed by atoms with Crippen LogP contribution < -0.4 is 10.6 Å². The fraction of sp³-hybridized carbons (Fsp3) is 0.929. The van der Waals surface area contributed by atoms with Crippen molar-refractivity contribution in [3.05, 3.63) is 0 Å². The number of hydrogen-bond acceptors (Lipinski definition) is 3. The molecule has 3 N–H and O–H groups in total. The lowest BCUT2D eigenvalue weighted by Gasteiger charge is -2.13. The fourth-order valence-corrected chi connectivity index (χ4v) is 1.74. The Labute approximate surface area is 112 Å². The zero-order valence-corrected chi connectivity index (χ0v) is 12.0. The lowest BCUT2D eigenvalue weighted by Crippen LogP contribution is -2.42. The summed E-state index contributed by atoms with van der Waals surface area (Å²) in [5.74, 6) is 0.0986. The van der Waals surface area contributed by atoms with Crippen LogP contribution in [0.5, 0.6) is 0 Å². The van der Waals surface area contributed by atoms with Gasteiger partial charge in [-0.3, -0.25) is 4.79 Å². The third-order valence-corrected chi connectivity index (χ3v) is 3.01. The van der Waals surface area contributed by atoms with Crippen molar-refractivity contribution in [3.8, 4) is 0 Å². The van der Waals surface area contributed by atoms with E-state index in [9.17, 15) is 4.79 Å². The Hall–Kier alpha value is -0.610. The molecule has 0 bridgehead atoms. The molecule has 0 radical (unpaired) electrons. The summed E-state index contributed by atoms with van der Waals surface area (Å²) in [7, 11) is 0. The van der Waals surface area contributed by atoms with Crippen LogP contribution in [0.2, 0.25) is 0 Å². The van der Waals surface area contributed by atoms with E-state index in [0.717, 1.165) is 45.2 Å². The number of rotatable bonds is 12. The number of hydrogen-bond donors (Lipinski definition) is 3. The van der Waals surface area contributed by atoms with Crippen LogP contribution >= 0.6 is 0 Å². The maximum atomic E-state index is 11.7. The second-order valence-corrected chi connectivity index (χ2v) is 4.81. The molecule has 0 aromatic rings. The number of unbranched alkanes of at least 4 members (excludes halogenated alkanes) is 5. The molecule has 0 fully saturated rings. The maximum absolute atomic E-state index is 11.7. The van der Waals surface area contributed by atoms with Crippen molar-refractivity contribution < 1.29 is 9.90 Å². The number of amides is 1. The van der Waals surface area contributed by atoms with Crippen molar-refractivity contribution in [1.82, 2.24) is 10.6 Å². The van der Waals surface area contributed by atoms with E-state index in [0.29, 0.717) is 0 Å². The minimum atomic E-state index is -0.107. The predicted molar refractivity (Wildman–Crippen MR) is 75.6 cm³/mol. The molecule has 0 aromatic carbocycles. The number of aliphatic hydroxyl groups excluding tert-OH is 1. The summed E-state index contributed by atoms with van der Waals surface area (Å²) in [4.78, 5) is 11.7. The Bertz CT molecular complexity index is 198. The van der Waals surface area contributed by atoms with Gasteiger partial charge in [-0.05, 0) is 32.7 Å². The van der Waals surface area contributed by atoms with Crippen LogP contribution in [0.4, 0.5) is 0 Å². The third kappa shape index (κ3) is 10.5. The Kier molecular flexibility index (Phi) is 12.4. The molecule has 0 rings (SSSR count). The summed E-state index contributed by atoms with van der Waals surface area (Å²) < 4.78 is 0. The van der Waals surface area contributed by atoms with Crippen molar-refractivity contribution in [1.29, 1.82) is 0 Å². The molecule has 0 aliphatic carbocycles. The minimum Gasteiger partial charge on any atom is -0.396 e. The molecule has 1 unspecified atom stereocenters. The molecule has 0 saturated heterocycles. The average molecular weight is 258 g/mol. The summed E-state index contributed by atoms with van der Waals surface area (Å²) >= 11 is 0. The first kappa shape index (κ1) is 17.4. The summed E-state index contributed by atoms with van der Waals surface area (Å²) in [6, 6.07) is -0.107. The Morgan fingerprint density at radius 3 is 2.39 bits per heavy atom. The van der Waals surface area contributed by atoms with Gasteiger partial charge in [-0.15, -0.1) is 0 Å².